The Morgan fingerprint density at radius 2 is 1.94 bits per heavy atom. The maximum atomic E-state index is 12.8. The number of hydrogen-bond acceptors (Lipinski definition) is 5. The van der Waals surface area contributed by atoms with Crippen LogP contribution < -0.4 is 14.8 Å². The molecule has 0 saturated carbocycles. The van der Waals surface area contributed by atoms with E-state index in [9.17, 15) is 18.0 Å². The lowest BCUT2D eigenvalue weighted by Gasteiger charge is -2.09. The van der Waals surface area contributed by atoms with Gasteiger partial charge < -0.3 is 14.8 Å². The number of aromatic nitrogens is 3. The van der Waals surface area contributed by atoms with Crippen LogP contribution in [0.2, 0.25) is 0 Å². The smallest absolute Gasteiger partial charge is 0.417 e. The Morgan fingerprint density at radius 3 is 2.65 bits per heavy atom. The third-order valence-corrected chi connectivity index (χ3v) is 5.00. The van der Waals surface area contributed by atoms with E-state index in [-0.39, 0.29) is 24.9 Å². The Hall–Kier alpha value is -3.56. The van der Waals surface area contributed by atoms with Gasteiger partial charge in [0.25, 0.3) is 0 Å². The van der Waals surface area contributed by atoms with Crippen LogP contribution in [0, 0.1) is 13.8 Å². The van der Waals surface area contributed by atoms with Crippen LogP contribution in [0.1, 0.15) is 28.1 Å². The first-order chi connectivity index (χ1) is 14.7. The normalized spacial score (nSPS) is 12.8. The van der Waals surface area contributed by atoms with Gasteiger partial charge in [0.05, 0.1) is 17.7 Å². The van der Waals surface area contributed by atoms with Gasteiger partial charge in [0, 0.05) is 24.0 Å². The van der Waals surface area contributed by atoms with E-state index in [0.29, 0.717) is 35.0 Å². The second-order valence-electron chi connectivity index (χ2n) is 7.11. The number of nitrogens with zero attached hydrogens (tertiary/aromatic N) is 3. The number of nitrogens with one attached hydrogen (secondary N) is 1. The van der Waals surface area contributed by atoms with Crippen molar-refractivity contribution in [3.63, 3.8) is 0 Å². The Balaban J connectivity index is 1.44. The number of pyridine rings is 1. The number of amides is 1. The van der Waals surface area contributed by atoms with E-state index in [4.69, 9.17) is 9.47 Å². The molecule has 1 amide bonds. The minimum absolute atomic E-state index is 0.0862. The van der Waals surface area contributed by atoms with Crippen molar-refractivity contribution in [2.45, 2.75) is 33.0 Å². The lowest BCUT2D eigenvalue weighted by Crippen LogP contribution is -2.25. The summed E-state index contributed by atoms with van der Waals surface area (Å²) in [5.41, 5.74) is 1.99. The van der Waals surface area contributed by atoms with Crippen LogP contribution in [0.4, 0.5) is 13.2 Å². The zero-order valence-electron chi connectivity index (χ0n) is 16.8. The van der Waals surface area contributed by atoms with E-state index in [2.05, 4.69) is 15.4 Å². The third-order valence-electron chi connectivity index (χ3n) is 5.00. The van der Waals surface area contributed by atoms with Crippen molar-refractivity contribution in [2.75, 3.05) is 6.79 Å². The summed E-state index contributed by atoms with van der Waals surface area (Å²) in [6.07, 6.45) is -3.60. The molecular weight excluding hydrogens is 413 g/mol. The van der Waals surface area contributed by atoms with Gasteiger partial charge in [-0.1, -0.05) is 6.07 Å². The standard InChI is InChI=1S/C21H19F3N4O3/c1-12-16(8-20(29)26-9-14-3-5-17-18(7-14)31-11-30-17)13(2)28(27-12)19-6-4-15(10-25-19)21(22,23)24/h3-7,10H,8-9,11H2,1-2H3,(H,26,29). The number of rotatable bonds is 5. The molecule has 10 heteroatoms. The summed E-state index contributed by atoms with van der Waals surface area (Å²) in [7, 11) is 0. The highest BCUT2D eigenvalue weighted by Gasteiger charge is 2.31. The number of benzene rings is 1. The van der Waals surface area contributed by atoms with Gasteiger partial charge >= 0.3 is 6.18 Å². The Labute approximate surface area is 175 Å². The topological polar surface area (TPSA) is 78.3 Å². The van der Waals surface area contributed by atoms with Crippen molar-refractivity contribution < 1.29 is 27.4 Å². The lowest BCUT2D eigenvalue weighted by atomic mass is 10.1. The zero-order valence-corrected chi connectivity index (χ0v) is 16.8. The Morgan fingerprint density at radius 1 is 1.16 bits per heavy atom. The molecule has 0 fully saturated rings. The molecule has 0 radical (unpaired) electrons. The van der Waals surface area contributed by atoms with Crippen LogP contribution >= 0.6 is 0 Å². The van der Waals surface area contributed by atoms with Gasteiger partial charge in [0.15, 0.2) is 17.3 Å². The van der Waals surface area contributed by atoms with Gasteiger partial charge in [-0.2, -0.15) is 18.3 Å². The first-order valence-electron chi connectivity index (χ1n) is 9.46. The van der Waals surface area contributed by atoms with Crippen molar-refractivity contribution in [3.05, 3.63) is 64.6 Å². The predicted molar refractivity (Wildman–Crippen MR) is 104 cm³/mol. The number of carbonyl (C=O) groups excluding carboxylic acids is 1. The Kier molecular flexibility index (Phi) is 5.30. The number of alkyl halides is 3. The van der Waals surface area contributed by atoms with E-state index >= 15 is 0 Å². The highest BCUT2D eigenvalue weighted by atomic mass is 19.4. The van der Waals surface area contributed by atoms with E-state index in [1.165, 1.54) is 10.7 Å². The number of ether oxygens (including phenoxy) is 2. The third kappa shape index (κ3) is 4.32. The van der Waals surface area contributed by atoms with Crippen LogP contribution in [-0.2, 0) is 23.9 Å². The number of fused-ring (bicyclic) bond motifs is 1. The van der Waals surface area contributed by atoms with Crippen LogP contribution in [0.5, 0.6) is 11.5 Å². The van der Waals surface area contributed by atoms with Crippen LogP contribution in [0.15, 0.2) is 36.5 Å². The number of aryl methyl sites for hydroxylation is 1. The second kappa shape index (κ2) is 7.93. The maximum absolute atomic E-state index is 12.8. The molecule has 31 heavy (non-hydrogen) atoms. The molecule has 0 saturated heterocycles. The van der Waals surface area contributed by atoms with Crippen LogP contribution in [0.25, 0.3) is 5.82 Å². The zero-order chi connectivity index (χ0) is 22.2. The Bertz CT molecular complexity index is 1120. The largest absolute Gasteiger partial charge is 0.454 e. The molecular formula is C21H19F3N4O3. The molecule has 0 spiro atoms. The molecule has 1 N–H and O–H groups in total. The lowest BCUT2D eigenvalue weighted by molar-refractivity contribution is -0.137. The maximum Gasteiger partial charge on any atom is 0.417 e. The van der Waals surface area contributed by atoms with E-state index in [1.54, 1.807) is 19.9 Å². The predicted octanol–water partition coefficient (Wildman–Crippen LogP) is 3.49. The number of halogens is 3. The van der Waals surface area contributed by atoms with Crippen molar-refractivity contribution in [1.82, 2.24) is 20.1 Å². The van der Waals surface area contributed by atoms with Crippen LogP contribution in [0.3, 0.4) is 0 Å². The minimum Gasteiger partial charge on any atom is -0.454 e. The van der Waals surface area contributed by atoms with Crippen molar-refractivity contribution >= 4 is 5.91 Å². The van der Waals surface area contributed by atoms with Gasteiger partial charge in [-0.05, 0) is 43.7 Å². The molecule has 1 aliphatic heterocycles. The van der Waals surface area contributed by atoms with Crippen molar-refractivity contribution in [3.8, 4) is 17.3 Å². The average molecular weight is 432 g/mol. The molecule has 4 rings (SSSR count). The molecule has 7 nitrogen and oxygen atoms in total. The summed E-state index contributed by atoms with van der Waals surface area (Å²) < 4.78 is 50.3. The molecule has 1 aliphatic rings. The van der Waals surface area contributed by atoms with Gasteiger partial charge in [-0.15, -0.1) is 0 Å². The minimum atomic E-state index is -4.46. The molecule has 1 aromatic carbocycles. The van der Waals surface area contributed by atoms with E-state index in [1.807, 2.05) is 12.1 Å². The molecule has 2 aromatic heterocycles. The molecule has 0 aliphatic carbocycles. The van der Waals surface area contributed by atoms with E-state index < -0.39 is 11.7 Å². The van der Waals surface area contributed by atoms with Gasteiger partial charge in [0.1, 0.15) is 0 Å². The number of hydrogen-bond donors (Lipinski definition) is 1. The fourth-order valence-electron chi connectivity index (χ4n) is 3.31. The summed E-state index contributed by atoms with van der Waals surface area (Å²) >= 11 is 0. The number of carbonyl (C=O) groups is 1. The van der Waals surface area contributed by atoms with E-state index in [0.717, 1.165) is 17.8 Å². The molecule has 0 atom stereocenters. The molecule has 3 aromatic rings. The van der Waals surface area contributed by atoms with Gasteiger partial charge in [-0.25, -0.2) is 9.67 Å². The fourth-order valence-corrected chi connectivity index (χ4v) is 3.31. The first-order valence-corrected chi connectivity index (χ1v) is 9.46. The SMILES string of the molecule is Cc1nn(-c2ccc(C(F)(F)F)cn2)c(C)c1CC(=O)NCc1ccc2c(c1)OCO2. The summed E-state index contributed by atoms with van der Waals surface area (Å²) in [5, 5.41) is 7.20. The summed E-state index contributed by atoms with van der Waals surface area (Å²) in [6.45, 7) is 4.00. The molecule has 3 heterocycles. The molecule has 0 unspecified atom stereocenters. The summed E-state index contributed by atoms with van der Waals surface area (Å²) in [5.74, 6) is 1.36. The molecule has 162 valence electrons. The summed E-state index contributed by atoms with van der Waals surface area (Å²) in [4.78, 5) is 16.4. The highest BCUT2D eigenvalue weighted by Crippen LogP contribution is 2.32. The van der Waals surface area contributed by atoms with Crippen molar-refractivity contribution in [1.29, 1.82) is 0 Å². The monoisotopic (exact) mass is 432 g/mol. The highest BCUT2D eigenvalue weighted by molar-refractivity contribution is 5.79. The quantitative estimate of drug-likeness (QED) is 0.668. The second-order valence-corrected chi connectivity index (χ2v) is 7.11. The fraction of sp³-hybridized carbons (Fsp3) is 0.286. The van der Waals surface area contributed by atoms with Crippen LogP contribution in [-0.4, -0.2) is 27.5 Å². The van der Waals surface area contributed by atoms with Gasteiger partial charge in [-0.3, -0.25) is 4.79 Å². The van der Waals surface area contributed by atoms with Gasteiger partial charge in [0.2, 0.25) is 12.7 Å². The average Bonchev–Trinajstić information content (AvgIpc) is 3.31. The molecule has 0 bridgehead atoms. The summed E-state index contributed by atoms with van der Waals surface area (Å²) in [6, 6.07) is 7.66. The van der Waals surface area contributed by atoms with Crippen molar-refractivity contribution in [2.24, 2.45) is 0 Å². The first kappa shape index (κ1) is 20.7.